The quantitative estimate of drug-likeness (QED) is 0.743. The molecule has 1 N–H and O–H groups in total. The molecule has 0 radical (unpaired) electrons. The van der Waals surface area contributed by atoms with Crippen LogP contribution in [-0.4, -0.2) is 49.9 Å². The van der Waals surface area contributed by atoms with Gasteiger partial charge in [0, 0.05) is 31.5 Å². The van der Waals surface area contributed by atoms with E-state index < -0.39 is 0 Å². The Hall–Kier alpha value is -1.88. The molecule has 0 bridgehead atoms. The van der Waals surface area contributed by atoms with Gasteiger partial charge in [-0.1, -0.05) is 0 Å². The van der Waals surface area contributed by atoms with Crippen LogP contribution in [0.25, 0.3) is 0 Å². The molecule has 1 aliphatic rings. The van der Waals surface area contributed by atoms with Gasteiger partial charge >= 0.3 is 0 Å². The summed E-state index contributed by atoms with van der Waals surface area (Å²) in [4.78, 5) is 26.5. The first kappa shape index (κ1) is 18.5. The first-order valence-electron chi connectivity index (χ1n) is 8.82. The maximum atomic E-state index is 12.4. The van der Waals surface area contributed by atoms with Gasteiger partial charge in [-0.15, -0.1) is 0 Å². The van der Waals surface area contributed by atoms with Crippen molar-refractivity contribution in [1.82, 2.24) is 10.2 Å². The lowest BCUT2D eigenvalue weighted by Gasteiger charge is -2.32. The van der Waals surface area contributed by atoms with Crippen LogP contribution < -0.4 is 10.1 Å². The minimum Gasteiger partial charge on any atom is -0.494 e. The van der Waals surface area contributed by atoms with E-state index in [0.29, 0.717) is 18.1 Å². The number of nitrogens with one attached hydrogen (secondary N) is 1. The van der Waals surface area contributed by atoms with E-state index in [2.05, 4.69) is 5.32 Å². The van der Waals surface area contributed by atoms with Crippen molar-refractivity contribution < 1.29 is 14.3 Å². The van der Waals surface area contributed by atoms with E-state index in [9.17, 15) is 9.59 Å². The number of hydrogen-bond acceptors (Lipinski definition) is 4. The minimum absolute atomic E-state index is 0.00943. The van der Waals surface area contributed by atoms with E-state index in [1.807, 2.05) is 18.9 Å². The van der Waals surface area contributed by atoms with Gasteiger partial charge in [-0.2, -0.15) is 0 Å². The van der Waals surface area contributed by atoms with Crippen LogP contribution in [0.5, 0.6) is 5.75 Å². The largest absolute Gasteiger partial charge is 0.494 e. The number of piperidine rings is 1. The monoisotopic (exact) mass is 332 g/mol. The summed E-state index contributed by atoms with van der Waals surface area (Å²) in [6.07, 6.45) is 2.76. The highest BCUT2D eigenvalue weighted by Crippen LogP contribution is 2.18. The first-order valence-corrected chi connectivity index (χ1v) is 8.82. The molecule has 0 aromatic heterocycles. The summed E-state index contributed by atoms with van der Waals surface area (Å²) >= 11 is 0. The molecule has 1 aromatic rings. The lowest BCUT2D eigenvalue weighted by atomic mass is 9.97. The molecule has 1 amide bonds. The second-order valence-electron chi connectivity index (χ2n) is 6.29. The van der Waals surface area contributed by atoms with Crippen LogP contribution >= 0.6 is 0 Å². The number of carbonyl (C=O) groups is 2. The van der Waals surface area contributed by atoms with E-state index in [1.165, 1.54) is 0 Å². The molecule has 5 nitrogen and oxygen atoms in total. The molecular weight excluding hydrogens is 304 g/mol. The van der Waals surface area contributed by atoms with Gasteiger partial charge in [-0.05, 0) is 63.5 Å². The van der Waals surface area contributed by atoms with Crippen LogP contribution in [0, 0.1) is 5.92 Å². The molecule has 0 aliphatic carbocycles. The molecule has 0 saturated carbocycles. The fourth-order valence-electron chi connectivity index (χ4n) is 3.17. The van der Waals surface area contributed by atoms with Crippen LogP contribution in [0.15, 0.2) is 24.3 Å². The fraction of sp³-hybridized carbons (Fsp3) is 0.579. The Labute approximate surface area is 144 Å². The molecule has 24 heavy (non-hydrogen) atoms. The summed E-state index contributed by atoms with van der Waals surface area (Å²) in [5, 5.41) is 3.18. The predicted octanol–water partition coefficient (Wildman–Crippen LogP) is 2.51. The standard InChI is InChI=1S/C19H28N2O3/c1-3-24-17-8-6-16(7-9-17)18(22)10-11-19(23)21-12-4-5-15(14-21)13-20-2/h6-9,15,20H,3-5,10-14H2,1-2H3. The molecule has 0 spiro atoms. The van der Waals surface area contributed by atoms with Crippen LogP contribution in [0.1, 0.15) is 43.0 Å². The summed E-state index contributed by atoms with van der Waals surface area (Å²) in [7, 11) is 1.94. The third-order valence-electron chi connectivity index (χ3n) is 4.42. The number of ether oxygens (including phenoxy) is 1. The van der Waals surface area contributed by atoms with E-state index in [0.717, 1.165) is 38.2 Å². The molecule has 132 valence electrons. The Morgan fingerprint density at radius 1 is 1.25 bits per heavy atom. The number of likely N-dealkylation sites (tertiary alicyclic amines) is 1. The van der Waals surface area contributed by atoms with Crippen molar-refractivity contribution in [1.29, 1.82) is 0 Å². The SMILES string of the molecule is CCOc1ccc(C(=O)CCC(=O)N2CCCC(CNC)C2)cc1. The van der Waals surface area contributed by atoms with Crippen LogP contribution in [0.4, 0.5) is 0 Å². The van der Waals surface area contributed by atoms with Gasteiger partial charge in [0.25, 0.3) is 0 Å². The van der Waals surface area contributed by atoms with Crippen LogP contribution in [0.2, 0.25) is 0 Å². The van der Waals surface area contributed by atoms with E-state index in [-0.39, 0.29) is 24.5 Å². The Bertz CT molecular complexity index is 540. The zero-order chi connectivity index (χ0) is 17.4. The minimum atomic E-state index is 0.00943. The zero-order valence-electron chi connectivity index (χ0n) is 14.7. The van der Waals surface area contributed by atoms with Gasteiger partial charge < -0.3 is 15.0 Å². The normalized spacial score (nSPS) is 17.6. The van der Waals surface area contributed by atoms with Gasteiger partial charge in [0.1, 0.15) is 5.75 Å². The Morgan fingerprint density at radius 3 is 2.67 bits per heavy atom. The molecule has 1 fully saturated rings. The summed E-state index contributed by atoms with van der Waals surface area (Å²) < 4.78 is 5.37. The fourth-order valence-corrected chi connectivity index (χ4v) is 3.17. The summed E-state index contributed by atoms with van der Waals surface area (Å²) in [6.45, 7) is 5.08. The molecule has 1 saturated heterocycles. The highest BCUT2D eigenvalue weighted by molar-refractivity contribution is 5.98. The number of Topliss-reactive ketones (excluding diaryl/α,β-unsaturated/α-hetero) is 1. The van der Waals surface area contributed by atoms with E-state index in [1.54, 1.807) is 24.3 Å². The first-order chi connectivity index (χ1) is 11.6. The number of hydrogen-bond donors (Lipinski definition) is 1. The van der Waals surface area contributed by atoms with Crippen molar-refractivity contribution in [3.63, 3.8) is 0 Å². The number of ketones is 1. The lowest BCUT2D eigenvalue weighted by Crippen LogP contribution is -2.42. The van der Waals surface area contributed by atoms with Gasteiger partial charge in [0.2, 0.25) is 5.91 Å². The highest BCUT2D eigenvalue weighted by Gasteiger charge is 2.23. The number of carbonyl (C=O) groups excluding carboxylic acids is 2. The predicted molar refractivity (Wildman–Crippen MR) is 94.4 cm³/mol. The molecule has 1 aliphatic heterocycles. The smallest absolute Gasteiger partial charge is 0.223 e. The van der Waals surface area contributed by atoms with Gasteiger partial charge in [-0.25, -0.2) is 0 Å². The third-order valence-corrected chi connectivity index (χ3v) is 4.42. The Balaban J connectivity index is 1.81. The van der Waals surface area contributed by atoms with Gasteiger partial charge in [0.05, 0.1) is 6.61 Å². The number of nitrogens with zero attached hydrogens (tertiary/aromatic N) is 1. The summed E-state index contributed by atoms with van der Waals surface area (Å²) in [6, 6.07) is 7.13. The average molecular weight is 332 g/mol. The molecule has 1 unspecified atom stereocenters. The third kappa shape index (κ3) is 5.34. The van der Waals surface area contributed by atoms with Crippen molar-refractivity contribution in [2.75, 3.05) is 33.3 Å². The molecule has 1 atom stereocenters. The number of amides is 1. The molecule has 5 heteroatoms. The van der Waals surface area contributed by atoms with Crippen LogP contribution in [-0.2, 0) is 4.79 Å². The summed E-state index contributed by atoms with van der Waals surface area (Å²) in [5.74, 6) is 1.38. The summed E-state index contributed by atoms with van der Waals surface area (Å²) in [5.41, 5.74) is 0.637. The molecular formula is C19H28N2O3. The second-order valence-corrected chi connectivity index (χ2v) is 6.29. The molecule has 2 rings (SSSR count). The second kappa shape index (κ2) is 9.42. The molecule has 1 heterocycles. The van der Waals surface area contributed by atoms with Crippen molar-refractivity contribution in [2.45, 2.75) is 32.6 Å². The van der Waals surface area contributed by atoms with Crippen LogP contribution in [0.3, 0.4) is 0 Å². The maximum absolute atomic E-state index is 12.4. The topological polar surface area (TPSA) is 58.6 Å². The van der Waals surface area contributed by atoms with Crippen molar-refractivity contribution in [3.05, 3.63) is 29.8 Å². The van der Waals surface area contributed by atoms with E-state index >= 15 is 0 Å². The van der Waals surface area contributed by atoms with E-state index in [4.69, 9.17) is 4.74 Å². The van der Waals surface area contributed by atoms with Gasteiger partial charge in [0.15, 0.2) is 5.78 Å². The zero-order valence-corrected chi connectivity index (χ0v) is 14.7. The van der Waals surface area contributed by atoms with Gasteiger partial charge in [-0.3, -0.25) is 9.59 Å². The Morgan fingerprint density at radius 2 is 2.00 bits per heavy atom. The van der Waals surface area contributed by atoms with Crippen molar-refractivity contribution in [3.8, 4) is 5.75 Å². The maximum Gasteiger partial charge on any atom is 0.223 e. The lowest BCUT2D eigenvalue weighted by molar-refractivity contribution is -0.132. The number of rotatable bonds is 8. The number of benzene rings is 1. The molecule has 1 aromatic carbocycles. The average Bonchev–Trinajstić information content (AvgIpc) is 2.61. The van der Waals surface area contributed by atoms with Crippen molar-refractivity contribution in [2.24, 2.45) is 5.92 Å². The Kier molecular flexibility index (Phi) is 7.25. The van der Waals surface area contributed by atoms with Crippen molar-refractivity contribution >= 4 is 11.7 Å². The highest BCUT2D eigenvalue weighted by atomic mass is 16.5.